The Bertz CT molecular complexity index is 1110. The molecule has 0 spiro atoms. The van der Waals surface area contributed by atoms with Crippen LogP contribution in [0.5, 0.6) is 0 Å². The Labute approximate surface area is 205 Å². The van der Waals surface area contributed by atoms with E-state index in [1.165, 1.54) is 24.1 Å². The van der Waals surface area contributed by atoms with Gasteiger partial charge in [0.05, 0.1) is 18.3 Å². The SMILES string of the molecule is COCC(=O)N(CC(F)CN)C(c1nc(-c2ccccc2)cn1Cc1cccc(F)c1)C(C)(C)C. The summed E-state index contributed by atoms with van der Waals surface area (Å²) in [5.41, 5.74) is 7.41. The van der Waals surface area contributed by atoms with Crippen LogP contribution < -0.4 is 5.73 Å². The smallest absolute Gasteiger partial charge is 0.249 e. The van der Waals surface area contributed by atoms with E-state index in [0.717, 1.165) is 11.1 Å². The molecular weight excluding hydrogens is 450 g/mol. The van der Waals surface area contributed by atoms with Crippen molar-refractivity contribution >= 4 is 5.91 Å². The highest BCUT2D eigenvalue weighted by Gasteiger charge is 2.39. The van der Waals surface area contributed by atoms with Crippen LogP contribution >= 0.6 is 0 Å². The number of benzene rings is 2. The van der Waals surface area contributed by atoms with Gasteiger partial charge in [-0.2, -0.15) is 0 Å². The minimum absolute atomic E-state index is 0.186. The fraction of sp³-hybridized carbons (Fsp3) is 0.407. The summed E-state index contributed by atoms with van der Waals surface area (Å²) < 4.78 is 35.5. The van der Waals surface area contributed by atoms with Crippen molar-refractivity contribution in [2.45, 2.75) is 39.5 Å². The maximum atomic E-state index is 14.6. The Morgan fingerprint density at radius 3 is 2.49 bits per heavy atom. The number of alkyl halides is 1. The molecule has 0 aliphatic carbocycles. The maximum Gasteiger partial charge on any atom is 0.249 e. The molecule has 2 aromatic carbocycles. The predicted molar refractivity (Wildman–Crippen MR) is 133 cm³/mol. The Balaban J connectivity index is 2.17. The number of carbonyl (C=O) groups is 1. The van der Waals surface area contributed by atoms with Gasteiger partial charge in [0, 0.05) is 32.0 Å². The molecule has 0 saturated heterocycles. The lowest BCUT2D eigenvalue weighted by Crippen LogP contribution is -2.47. The minimum Gasteiger partial charge on any atom is -0.375 e. The molecule has 35 heavy (non-hydrogen) atoms. The quantitative estimate of drug-likeness (QED) is 0.457. The number of halogens is 2. The molecule has 1 aromatic heterocycles. The Morgan fingerprint density at radius 2 is 1.89 bits per heavy atom. The van der Waals surface area contributed by atoms with Gasteiger partial charge in [0.15, 0.2) is 0 Å². The highest BCUT2D eigenvalue weighted by Crippen LogP contribution is 2.39. The summed E-state index contributed by atoms with van der Waals surface area (Å²) in [5, 5.41) is 0. The van der Waals surface area contributed by atoms with Crippen LogP contribution in [0.25, 0.3) is 11.3 Å². The second-order valence-corrected chi connectivity index (χ2v) is 9.69. The largest absolute Gasteiger partial charge is 0.375 e. The number of ether oxygens (including phenoxy) is 1. The third-order valence-electron chi connectivity index (χ3n) is 5.73. The summed E-state index contributed by atoms with van der Waals surface area (Å²) in [6.07, 6.45) is 0.490. The fourth-order valence-corrected chi connectivity index (χ4v) is 4.19. The van der Waals surface area contributed by atoms with Crippen molar-refractivity contribution in [1.82, 2.24) is 14.5 Å². The predicted octanol–water partition coefficient (Wildman–Crippen LogP) is 4.60. The molecule has 2 unspecified atom stereocenters. The number of aromatic nitrogens is 2. The maximum absolute atomic E-state index is 14.6. The standard InChI is InChI=1S/C27H34F2N4O2/c1-27(2,3)25(33(16-22(29)14-30)24(34)18-35-4)26-31-23(20-10-6-5-7-11-20)17-32(26)15-19-9-8-12-21(28)13-19/h5-13,17,22,25H,14-16,18,30H2,1-4H3. The van der Waals surface area contributed by atoms with E-state index in [-0.39, 0.29) is 31.4 Å². The van der Waals surface area contributed by atoms with Gasteiger partial charge in [-0.25, -0.2) is 13.8 Å². The van der Waals surface area contributed by atoms with Crippen LogP contribution in [-0.2, 0) is 16.1 Å². The van der Waals surface area contributed by atoms with E-state index >= 15 is 0 Å². The lowest BCUT2D eigenvalue weighted by molar-refractivity contribution is -0.141. The van der Waals surface area contributed by atoms with Crippen molar-refractivity contribution in [3.63, 3.8) is 0 Å². The van der Waals surface area contributed by atoms with Crippen LogP contribution in [0.15, 0.2) is 60.8 Å². The van der Waals surface area contributed by atoms with E-state index in [1.807, 2.05) is 67.9 Å². The first-order chi connectivity index (χ1) is 16.6. The van der Waals surface area contributed by atoms with Crippen LogP contribution in [0.2, 0.25) is 0 Å². The first-order valence-electron chi connectivity index (χ1n) is 11.6. The van der Waals surface area contributed by atoms with Crippen LogP contribution in [-0.4, -0.2) is 53.3 Å². The van der Waals surface area contributed by atoms with E-state index in [4.69, 9.17) is 15.5 Å². The topological polar surface area (TPSA) is 73.4 Å². The molecule has 0 radical (unpaired) electrons. The zero-order valence-electron chi connectivity index (χ0n) is 20.7. The zero-order chi connectivity index (χ0) is 25.6. The third kappa shape index (κ3) is 6.74. The number of nitrogens with two attached hydrogens (primary N) is 1. The van der Waals surface area contributed by atoms with Crippen molar-refractivity contribution in [3.8, 4) is 11.3 Å². The average molecular weight is 485 g/mol. The Hall–Kier alpha value is -3.10. The molecule has 2 N–H and O–H groups in total. The van der Waals surface area contributed by atoms with Crippen LogP contribution in [0.3, 0.4) is 0 Å². The molecule has 0 bridgehead atoms. The van der Waals surface area contributed by atoms with Gasteiger partial charge in [-0.05, 0) is 23.1 Å². The highest BCUT2D eigenvalue weighted by molar-refractivity contribution is 5.78. The van der Waals surface area contributed by atoms with Crippen molar-refractivity contribution in [2.75, 3.05) is 26.8 Å². The number of hydrogen-bond donors (Lipinski definition) is 1. The van der Waals surface area contributed by atoms with Gasteiger partial charge in [0.2, 0.25) is 5.91 Å². The highest BCUT2D eigenvalue weighted by atomic mass is 19.1. The molecule has 3 aromatic rings. The van der Waals surface area contributed by atoms with Crippen LogP contribution in [0.1, 0.15) is 38.2 Å². The molecule has 8 heteroatoms. The molecular formula is C27H34F2N4O2. The van der Waals surface area contributed by atoms with Crippen molar-refractivity contribution < 1.29 is 18.3 Å². The summed E-state index contributed by atoms with van der Waals surface area (Å²) in [6.45, 7) is 5.67. The molecule has 1 amide bonds. The van der Waals surface area contributed by atoms with Crippen LogP contribution in [0.4, 0.5) is 8.78 Å². The number of amides is 1. The summed E-state index contributed by atoms with van der Waals surface area (Å²) in [5.74, 6) is -0.112. The normalized spacial score (nSPS) is 13.5. The third-order valence-corrected chi connectivity index (χ3v) is 5.73. The van der Waals surface area contributed by atoms with E-state index < -0.39 is 17.6 Å². The molecule has 0 aliphatic heterocycles. The molecule has 6 nitrogen and oxygen atoms in total. The van der Waals surface area contributed by atoms with E-state index in [2.05, 4.69) is 0 Å². The number of imidazole rings is 1. The van der Waals surface area contributed by atoms with E-state index in [9.17, 15) is 13.6 Å². The lowest BCUT2D eigenvalue weighted by atomic mass is 9.84. The first kappa shape index (κ1) is 26.5. The summed E-state index contributed by atoms with van der Waals surface area (Å²) in [7, 11) is 1.43. The molecule has 1 heterocycles. The van der Waals surface area contributed by atoms with Gasteiger partial charge in [-0.15, -0.1) is 0 Å². The monoisotopic (exact) mass is 484 g/mol. The van der Waals surface area contributed by atoms with Gasteiger partial charge < -0.3 is 19.9 Å². The molecule has 0 aliphatic rings. The molecule has 3 rings (SSSR count). The summed E-state index contributed by atoms with van der Waals surface area (Å²) >= 11 is 0. The van der Waals surface area contributed by atoms with Gasteiger partial charge in [-0.3, -0.25) is 4.79 Å². The Morgan fingerprint density at radius 1 is 1.17 bits per heavy atom. The number of nitrogens with zero attached hydrogens (tertiary/aromatic N) is 3. The number of methoxy groups -OCH3 is 1. The van der Waals surface area contributed by atoms with Gasteiger partial charge >= 0.3 is 0 Å². The average Bonchev–Trinajstić information content (AvgIpc) is 3.21. The second kappa shape index (κ2) is 11.6. The first-order valence-corrected chi connectivity index (χ1v) is 11.6. The van der Waals surface area contributed by atoms with Crippen molar-refractivity contribution in [3.05, 3.63) is 78.0 Å². The van der Waals surface area contributed by atoms with Gasteiger partial charge in [0.25, 0.3) is 0 Å². The van der Waals surface area contributed by atoms with E-state index in [1.54, 1.807) is 6.07 Å². The van der Waals surface area contributed by atoms with Gasteiger partial charge in [-0.1, -0.05) is 63.2 Å². The number of rotatable bonds is 10. The molecule has 188 valence electrons. The van der Waals surface area contributed by atoms with Crippen LogP contribution in [0, 0.1) is 11.2 Å². The zero-order valence-corrected chi connectivity index (χ0v) is 20.7. The number of carbonyl (C=O) groups excluding carboxylic acids is 1. The van der Waals surface area contributed by atoms with E-state index in [0.29, 0.717) is 18.1 Å². The van der Waals surface area contributed by atoms with Gasteiger partial charge in [0.1, 0.15) is 24.4 Å². The van der Waals surface area contributed by atoms with Crippen molar-refractivity contribution in [2.24, 2.45) is 11.1 Å². The lowest BCUT2D eigenvalue weighted by Gasteiger charge is -2.40. The molecule has 2 atom stereocenters. The summed E-state index contributed by atoms with van der Waals surface area (Å²) in [4.78, 5) is 19.6. The fourth-order valence-electron chi connectivity index (χ4n) is 4.19. The summed E-state index contributed by atoms with van der Waals surface area (Å²) in [6, 6.07) is 15.4. The van der Waals surface area contributed by atoms with Crippen molar-refractivity contribution in [1.29, 1.82) is 0 Å². The molecule has 0 saturated carbocycles. The Kier molecular flexibility index (Phi) is 8.75. The second-order valence-electron chi connectivity index (χ2n) is 9.69. The molecule has 0 fully saturated rings. The number of hydrogen-bond acceptors (Lipinski definition) is 4. The minimum atomic E-state index is -1.40.